The van der Waals surface area contributed by atoms with Gasteiger partial charge in [-0.2, -0.15) is 0 Å². The van der Waals surface area contributed by atoms with E-state index in [0.29, 0.717) is 18.4 Å². The van der Waals surface area contributed by atoms with Crippen LogP contribution in [0.3, 0.4) is 0 Å². The molecule has 1 rings (SSSR count). The second-order valence-electron chi connectivity index (χ2n) is 4.13. The van der Waals surface area contributed by atoms with Gasteiger partial charge in [-0.3, -0.25) is 0 Å². The topological polar surface area (TPSA) is 34.1 Å². The number of nitrogens with one attached hydrogen (secondary N) is 1. The first-order valence-electron chi connectivity index (χ1n) is 5.61. The number of rotatable bonds is 7. The maximum absolute atomic E-state index is 5.30. The summed E-state index contributed by atoms with van der Waals surface area (Å²) in [4.78, 5) is 4.20. The van der Waals surface area contributed by atoms with Crippen LogP contribution in [-0.2, 0) is 6.54 Å². The van der Waals surface area contributed by atoms with Gasteiger partial charge >= 0.3 is 0 Å². The molecule has 0 unspecified atom stereocenters. The molecule has 3 heteroatoms. The summed E-state index contributed by atoms with van der Waals surface area (Å²) in [6.07, 6.45) is 3.55. The molecule has 0 aliphatic heterocycles. The van der Waals surface area contributed by atoms with Gasteiger partial charge in [0.1, 0.15) is 6.61 Å². The molecule has 0 spiro atoms. The second kappa shape index (κ2) is 7.01. The fourth-order valence-electron chi connectivity index (χ4n) is 1.25. The average Bonchev–Trinajstić information content (AvgIpc) is 2.27. The molecule has 3 nitrogen and oxygen atoms in total. The fourth-order valence-corrected chi connectivity index (χ4v) is 1.25. The number of ether oxygens (including phenoxy) is 1. The molecular formula is C13H20N2O. The Morgan fingerprint density at radius 2 is 2.31 bits per heavy atom. The quantitative estimate of drug-likeness (QED) is 0.716. The summed E-state index contributed by atoms with van der Waals surface area (Å²) in [5.74, 6) is 1.32. The van der Waals surface area contributed by atoms with Gasteiger partial charge in [0.25, 0.3) is 0 Å². The van der Waals surface area contributed by atoms with Gasteiger partial charge in [-0.1, -0.05) is 32.6 Å². The van der Waals surface area contributed by atoms with Crippen LogP contribution in [0.4, 0.5) is 0 Å². The van der Waals surface area contributed by atoms with Crippen molar-refractivity contribution in [3.8, 4) is 5.88 Å². The Hall–Kier alpha value is -1.35. The van der Waals surface area contributed by atoms with E-state index in [9.17, 15) is 0 Å². The predicted octanol–water partition coefficient (Wildman–Crippen LogP) is 2.39. The van der Waals surface area contributed by atoms with Crippen LogP contribution in [0.2, 0.25) is 0 Å². The Kier molecular flexibility index (Phi) is 5.57. The summed E-state index contributed by atoms with van der Waals surface area (Å²) in [6, 6.07) is 3.91. The van der Waals surface area contributed by atoms with Crippen molar-refractivity contribution in [3.63, 3.8) is 0 Å². The van der Waals surface area contributed by atoms with Gasteiger partial charge in [-0.15, -0.1) is 0 Å². The van der Waals surface area contributed by atoms with Gasteiger partial charge in [0.15, 0.2) is 0 Å². The first kappa shape index (κ1) is 12.7. The van der Waals surface area contributed by atoms with Crippen molar-refractivity contribution in [2.45, 2.75) is 20.4 Å². The first-order valence-corrected chi connectivity index (χ1v) is 5.61. The molecule has 0 saturated heterocycles. The van der Waals surface area contributed by atoms with Gasteiger partial charge in [0, 0.05) is 18.8 Å². The number of hydrogen-bond acceptors (Lipinski definition) is 3. The van der Waals surface area contributed by atoms with Gasteiger partial charge in [-0.05, 0) is 18.0 Å². The van der Waals surface area contributed by atoms with Crippen molar-refractivity contribution in [2.75, 3.05) is 13.2 Å². The lowest BCUT2D eigenvalue weighted by Crippen LogP contribution is -2.18. The molecular weight excluding hydrogens is 200 g/mol. The van der Waals surface area contributed by atoms with Gasteiger partial charge < -0.3 is 10.1 Å². The van der Waals surface area contributed by atoms with Crippen molar-refractivity contribution in [3.05, 3.63) is 36.5 Å². The minimum Gasteiger partial charge on any atom is -0.473 e. The van der Waals surface area contributed by atoms with Crippen molar-refractivity contribution in [2.24, 2.45) is 5.92 Å². The van der Waals surface area contributed by atoms with E-state index in [1.54, 1.807) is 6.08 Å². The zero-order chi connectivity index (χ0) is 11.8. The molecule has 16 heavy (non-hydrogen) atoms. The van der Waals surface area contributed by atoms with Crippen molar-refractivity contribution in [1.29, 1.82) is 0 Å². The Labute approximate surface area is 97.5 Å². The Morgan fingerprint density at radius 3 is 2.88 bits per heavy atom. The molecule has 0 radical (unpaired) electrons. The van der Waals surface area contributed by atoms with Crippen LogP contribution in [0.5, 0.6) is 5.88 Å². The summed E-state index contributed by atoms with van der Waals surface area (Å²) < 4.78 is 5.30. The highest BCUT2D eigenvalue weighted by Crippen LogP contribution is 2.07. The zero-order valence-corrected chi connectivity index (χ0v) is 10.1. The highest BCUT2D eigenvalue weighted by Gasteiger charge is 1.97. The maximum Gasteiger partial charge on any atom is 0.213 e. The third kappa shape index (κ3) is 4.94. The van der Waals surface area contributed by atoms with E-state index >= 15 is 0 Å². The van der Waals surface area contributed by atoms with E-state index in [-0.39, 0.29) is 0 Å². The molecule has 0 bridgehead atoms. The van der Waals surface area contributed by atoms with Crippen molar-refractivity contribution < 1.29 is 4.74 Å². The summed E-state index contributed by atoms with van der Waals surface area (Å²) in [6.45, 7) is 10.3. The molecule has 1 heterocycles. The molecule has 0 amide bonds. The number of hydrogen-bond donors (Lipinski definition) is 1. The van der Waals surface area contributed by atoms with Crippen LogP contribution in [0.25, 0.3) is 0 Å². The van der Waals surface area contributed by atoms with Gasteiger partial charge in [-0.25, -0.2) is 4.98 Å². The summed E-state index contributed by atoms with van der Waals surface area (Å²) in [7, 11) is 0. The lowest BCUT2D eigenvalue weighted by Gasteiger charge is -2.07. The second-order valence-corrected chi connectivity index (χ2v) is 4.13. The van der Waals surface area contributed by atoms with E-state index in [0.717, 1.165) is 13.1 Å². The Morgan fingerprint density at radius 1 is 1.50 bits per heavy atom. The fraction of sp³-hybridized carbons (Fsp3) is 0.462. The molecule has 1 aromatic rings. The van der Waals surface area contributed by atoms with E-state index < -0.39 is 0 Å². The molecule has 1 aromatic heterocycles. The standard InChI is InChI=1S/C13H20N2O/c1-4-7-16-13-6-5-12(10-15-13)9-14-8-11(2)3/h4-6,10-11,14H,1,7-9H2,2-3H3. The molecule has 1 N–H and O–H groups in total. The number of nitrogens with zero attached hydrogens (tertiary/aromatic N) is 1. The molecule has 0 aromatic carbocycles. The van der Waals surface area contributed by atoms with E-state index in [4.69, 9.17) is 4.74 Å². The lowest BCUT2D eigenvalue weighted by molar-refractivity contribution is 0.348. The van der Waals surface area contributed by atoms with Crippen LogP contribution in [0.15, 0.2) is 31.0 Å². The van der Waals surface area contributed by atoms with Crippen molar-refractivity contribution >= 4 is 0 Å². The van der Waals surface area contributed by atoms with Crippen LogP contribution in [0, 0.1) is 5.92 Å². The molecule has 0 aliphatic rings. The maximum atomic E-state index is 5.30. The summed E-state index contributed by atoms with van der Waals surface area (Å²) in [5.41, 5.74) is 1.17. The smallest absolute Gasteiger partial charge is 0.213 e. The normalized spacial score (nSPS) is 10.4. The molecule has 0 fully saturated rings. The SMILES string of the molecule is C=CCOc1ccc(CNCC(C)C)cn1. The van der Waals surface area contributed by atoms with E-state index in [1.165, 1.54) is 5.56 Å². The van der Waals surface area contributed by atoms with Crippen LogP contribution >= 0.6 is 0 Å². The molecule has 0 atom stereocenters. The first-order chi connectivity index (χ1) is 7.72. The molecule has 0 aliphatic carbocycles. The van der Waals surface area contributed by atoms with Gasteiger partial charge in [0.05, 0.1) is 0 Å². The number of pyridine rings is 1. The monoisotopic (exact) mass is 220 g/mol. The molecule has 88 valence electrons. The predicted molar refractivity (Wildman–Crippen MR) is 66.5 cm³/mol. The third-order valence-electron chi connectivity index (χ3n) is 2.03. The minimum absolute atomic E-state index is 0.498. The summed E-state index contributed by atoms with van der Waals surface area (Å²) in [5, 5.41) is 3.37. The van der Waals surface area contributed by atoms with Crippen molar-refractivity contribution in [1.82, 2.24) is 10.3 Å². The van der Waals surface area contributed by atoms with Crippen LogP contribution in [0.1, 0.15) is 19.4 Å². The zero-order valence-electron chi connectivity index (χ0n) is 10.1. The van der Waals surface area contributed by atoms with Gasteiger partial charge in [0.2, 0.25) is 5.88 Å². The van der Waals surface area contributed by atoms with E-state index in [1.807, 2.05) is 18.3 Å². The van der Waals surface area contributed by atoms with E-state index in [2.05, 4.69) is 30.7 Å². The lowest BCUT2D eigenvalue weighted by atomic mass is 10.2. The minimum atomic E-state index is 0.498. The summed E-state index contributed by atoms with van der Waals surface area (Å²) >= 11 is 0. The average molecular weight is 220 g/mol. The Bertz CT molecular complexity index is 306. The largest absolute Gasteiger partial charge is 0.473 e. The third-order valence-corrected chi connectivity index (χ3v) is 2.03. The highest BCUT2D eigenvalue weighted by molar-refractivity contribution is 5.17. The highest BCUT2D eigenvalue weighted by atomic mass is 16.5. The van der Waals surface area contributed by atoms with Crippen LogP contribution in [-0.4, -0.2) is 18.1 Å². The van der Waals surface area contributed by atoms with Crippen LogP contribution < -0.4 is 10.1 Å². The molecule has 0 saturated carbocycles. The number of aromatic nitrogens is 1. The Balaban J connectivity index is 2.35.